The third kappa shape index (κ3) is 3.63. The van der Waals surface area contributed by atoms with Gasteiger partial charge in [0.2, 0.25) is 0 Å². The topological polar surface area (TPSA) is 65.6 Å². The van der Waals surface area contributed by atoms with Gasteiger partial charge in [0.15, 0.2) is 5.13 Å². The second kappa shape index (κ2) is 7.93. The summed E-state index contributed by atoms with van der Waals surface area (Å²) < 4.78 is 0. The van der Waals surface area contributed by atoms with Crippen LogP contribution in [-0.4, -0.2) is 48.2 Å². The molecule has 3 N–H and O–H groups in total. The maximum absolute atomic E-state index is 10.9. The summed E-state index contributed by atoms with van der Waals surface area (Å²) in [7, 11) is 2.17. The van der Waals surface area contributed by atoms with E-state index >= 15 is 0 Å². The Kier molecular flexibility index (Phi) is 5.24. The van der Waals surface area contributed by atoms with Crippen LogP contribution in [0.2, 0.25) is 0 Å². The predicted molar refractivity (Wildman–Crippen MR) is 130 cm³/mol. The minimum Gasteiger partial charge on any atom is -0.398 e. The van der Waals surface area contributed by atoms with Crippen molar-refractivity contribution in [3.05, 3.63) is 53.6 Å². The molecule has 0 bridgehead atoms. The van der Waals surface area contributed by atoms with Gasteiger partial charge in [0.1, 0.15) is 0 Å². The van der Waals surface area contributed by atoms with Crippen LogP contribution >= 0.6 is 11.3 Å². The number of nitrogens with zero attached hydrogens (tertiary/aromatic N) is 3. The highest BCUT2D eigenvalue weighted by molar-refractivity contribution is 7.19. The lowest BCUT2D eigenvalue weighted by Crippen LogP contribution is -2.44. The van der Waals surface area contributed by atoms with Gasteiger partial charge >= 0.3 is 0 Å². The highest BCUT2D eigenvalue weighted by Crippen LogP contribution is 2.47. The van der Waals surface area contributed by atoms with Gasteiger partial charge in [-0.1, -0.05) is 53.8 Å². The molecule has 0 spiro atoms. The lowest BCUT2D eigenvalue weighted by atomic mass is 9.73. The van der Waals surface area contributed by atoms with Crippen LogP contribution in [0.15, 0.2) is 42.5 Å². The summed E-state index contributed by atoms with van der Waals surface area (Å²) in [5.74, 6) is 0. The number of nitrogen functional groups attached to an aromatic ring is 1. The number of rotatable bonds is 4. The molecule has 0 radical (unpaired) electrons. The first-order valence-electron chi connectivity index (χ1n) is 11.1. The molecule has 1 aromatic heterocycles. The summed E-state index contributed by atoms with van der Waals surface area (Å²) in [6.45, 7) is 6.09. The van der Waals surface area contributed by atoms with Gasteiger partial charge < -0.3 is 20.6 Å². The van der Waals surface area contributed by atoms with E-state index < -0.39 is 5.60 Å². The number of nitrogens with two attached hydrogens (primary N) is 1. The smallest absolute Gasteiger partial charge is 0.186 e. The molecule has 5 nitrogen and oxygen atoms in total. The van der Waals surface area contributed by atoms with Crippen molar-refractivity contribution in [3.8, 4) is 21.7 Å². The number of thiazole rings is 1. The molecule has 1 saturated heterocycles. The number of piperazine rings is 1. The van der Waals surface area contributed by atoms with E-state index in [9.17, 15) is 5.11 Å². The van der Waals surface area contributed by atoms with Crippen molar-refractivity contribution < 1.29 is 5.11 Å². The summed E-state index contributed by atoms with van der Waals surface area (Å²) in [5.41, 5.74) is 11.7. The molecule has 2 aliphatic rings. The Morgan fingerprint density at radius 2 is 1.74 bits per heavy atom. The maximum Gasteiger partial charge on any atom is 0.186 e. The zero-order valence-electron chi connectivity index (χ0n) is 18.3. The molecule has 1 saturated carbocycles. The monoisotopic (exact) mass is 434 g/mol. The Morgan fingerprint density at radius 1 is 1.03 bits per heavy atom. The molecule has 2 heterocycles. The Hall–Kier alpha value is -2.41. The normalized spacial score (nSPS) is 18.7. The van der Waals surface area contributed by atoms with Crippen LogP contribution in [0.3, 0.4) is 0 Å². The average molecular weight is 435 g/mol. The number of benzene rings is 2. The van der Waals surface area contributed by atoms with Gasteiger partial charge in [-0.25, -0.2) is 4.98 Å². The Balaban J connectivity index is 1.60. The second-order valence-electron chi connectivity index (χ2n) is 8.92. The molecule has 1 aliphatic carbocycles. The summed E-state index contributed by atoms with van der Waals surface area (Å²) in [6, 6.07) is 14.6. The van der Waals surface area contributed by atoms with Crippen LogP contribution in [0.5, 0.6) is 0 Å². The van der Waals surface area contributed by atoms with Crippen LogP contribution in [0, 0.1) is 6.92 Å². The Bertz CT molecular complexity index is 1080. The fourth-order valence-electron chi connectivity index (χ4n) is 4.63. The van der Waals surface area contributed by atoms with E-state index in [0.29, 0.717) is 0 Å². The highest BCUT2D eigenvalue weighted by atomic mass is 32.1. The fraction of sp³-hybridized carbons (Fsp3) is 0.400. The molecule has 6 heteroatoms. The zero-order valence-corrected chi connectivity index (χ0v) is 19.1. The largest absolute Gasteiger partial charge is 0.398 e. The quantitative estimate of drug-likeness (QED) is 0.592. The Labute approximate surface area is 188 Å². The van der Waals surface area contributed by atoms with E-state index in [1.807, 2.05) is 13.0 Å². The van der Waals surface area contributed by atoms with E-state index in [0.717, 1.165) is 89.1 Å². The number of aliphatic hydroxyl groups is 1. The Morgan fingerprint density at radius 3 is 2.39 bits per heavy atom. The molecule has 1 aliphatic heterocycles. The maximum atomic E-state index is 10.9. The van der Waals surface area contributed by atoms with Crippen molar-refractivity contribution in [1.82, 2.24) is 9.88 Å². The number of hydrogen-bond donors (Lipinski definition) is 2. The lowest BCUT2D eigenvalue weighted by Gasteiger charge is -2.38. The van der Waals surface area contributed by atoms with Gasteiger partial charge in [-0.05, 0) is 49.9 Å². The molecule has 3 aromatic rings. The van der Waals surface area contributed by atoms with Crippen molar-refractivity contribution >= 4 is 22.2 Å². The summed E-state index contributed by atoms with van der Waals surface area (Å²) in [5, 5.41) is 12.0. The molecule has 0 unspecified atom stereocenters. The summed E-state index contributed by atoms with van der Waals surface area (Å²) >= 11 is 1.75. The van der Waals surface area contributed by atoms with E-state index in [-0.39, 0.29) is 0 Å². The van der Waals surface area contributed by atoms with Crippen molar-refractivity contribution in [3.63, 3.8) is 0 Å². The van der Waals surface area contributed by atoms with Gasteiger partial charge in [-0.3, -0.25) is 0 Å². The second-order valence-corrected chi connectivity index (χ2v) is 9.89. The highest BCUT2D eigenvalue weighted by Gasteiger charge is 2.38. The zero-order chi connectivity index (χ0) is 21.6. The van der Waals surface area contributed by atoms with Crippen molar-refractivity contribution in [1.29, 1.82) is 0 Å². The SMILES string of the molecule is Cc1c(C2(O)CCC2)ccc(-c2nc(N3CCN(C)CC3)sc2-c2ccccc2)c1N. The van der Waals surface area contributed by atoms with Gasteiger partial charge in [0, 0.05) is 37.4 Å². The molecule has 2 fully saturated rings. The number of anilines is 2. The number of hydrogen-bond acceptors (Lipinski definition) is 6. The van der Waals surface area contributed by atoms with Crippen molar-refractivity contribution in [2.24, 2.45) is 0 Å². The molecule has 162 valence electrons. The third-order valence-electron chi connectivity index (χ3n) is 6.88. The first kappa shape index (κ1) is 20.5. The molecular formula is C25H30N4OS. The first-order valence-corrected chi connectivity index (χ1v) is 11.9. The third-order valence-corrected chi connectivity index (χ3v) is 8.04. The van der Waals surface area contributed by atoms with Crippen molar-refractivity contribution in [2.75, 3.05) is 43.9 Å². The van der Waals surface area contributed by atoms with E-state index in [4.69, 9.17) is 10.7 Å². The van der Waals surface area contributed by atoms with Gasteiger partial charge in [-0.15, -0.1) is 0 Å². The number of aromatic nitrogens is 1. The molecule has 2 aromatic carbocycles. The minimum absolute atomic E-state index is 0.716. The van der Waals surface area contributed by atoms with Crippen LogP contribution in [-0.2, 0) is 5.60 Å². The van der Waals surface area contributed by atoms with Crippen LogP contribution in [0.1, 0.15) is 30.4 Å². The molecule has 31 heavy (non-hydrogen) atoms. The van der Waals surface area contributed by atoms with Gasteiger partial charge in [-0.2, -0.15) is 0 Å². The van der Waals surface area contributed by atoms with E-state index in [1.165, 1.54) is 0 Å². The molecule has 0 amide bonds. The van der Waals surface area contributed by atoms with Gasteiger partial charge in [0.25, 0.3) is 0 Å². The van der Waals surface area contributed by atoms with Crippen LogP contribution < -0.4 is 10.6 Å². The van der Waals surface area contributed by atoms with Gasteiger partial charge in [0.05, 0.1) is 16.2 Å². The first-order chi connectivity index (χ1) is 15.0. The minimum atomic E-state index is -0.716. The molecule has 0 atom stereocenters. The lowest BCUT2D eigenvalue weighted by molar-refractivity contribution is -0.0392. The standard InChI is InChI=1S/C25H30N4OS/c1-17-20(25(30)11-6-12-25)10-9-19(21(17)26)22-23(18-7-4-3-5-8-18)31-24(27-22)29-15-13-28(2)14-16-29/h3-5,7-10,30H,6,11-16,26H2,1-2H3. The average Bonchev–Trinajstić information content (AvgIpc) is 3.20. The molecular weight excluding hydrogens is 404 g/mol. The van der Waals surface area contributed by atoms with Crippen LogP contribution in [0.4, 0.5) is 10.8 Å². The van der Waals surface area contributed by atoms with Crippen LogP contribution in [0.25, 0.3) is 21.7 Å². The summed E-state index contributed by atoms with van der Waals surface area (Å²) in [6.07, 6.45) is 2.69. The predicted octanol–water partition coefficient (Wildman–Crippen LogP) is 4.49. The fourth-order valence-corrected chi connectivity index (χ4v) is 5.77. The number of likely N-dealkylation sites (N-methyl/N-ethyl adjacent to an activating group) is 1. The summed E-state index contributed by atoms with van der Waals surface area (Å²) in [4.78, 5) is 11.0. The van der Waals surface area contributed by atoms with E-state index in [2.05, 4.69) is 53.2 Å². The van der Waals surface area contributed by atoms with Crippen molar-refractivity contribution in [2.45, 2.75) is 31.8 Å². The molecule has 5 rings (SSSR count). The van der Waals surface area contributed by atoms with E-state index in [1.54, 1.807) is 11.3 Å².